The third-order valence-electron chi connectivity index (χ3n) is 2.51. The lowest BCUT2D eigenvalue weighted by Crippen LogP contribution is -2.31. The summed E-state index contributed by atoms with van der Waals surface area (Å²) in [5.41, 5.74) is -1.24. The summed E-state index contributed by atoms with van der Waals surface area (Å²) in [5.74, 6) is -1.14. The number of alkyl halides is 3. The van der Waals surface area contributed by atoms with Gasteiger partial charge in [0.15, 0.2) is 0 Å². The predicted octanol–water partition coefficient (Wildman–Crippen LogP) is 2.07. The minimum atomic E-state index is -4.68. The standard InChI is InChI=1S/C10H13F3N2O2/c11-10(12,13)9(14)6-3-1-2-4-7(6)15-5-8(16)17/h14-15H,1-5H2,(H,16,17). The van der Waals surface area contributed by atoms with E-state index in [4.69, 9.17) is 10.5 Å². The van der Waals surface area contributed by atoms with E-state index in [0.29, 0.717) is 19.3 Å². The van der Waals surface area contributed by atoms with Crippen molar-refractivity contribution in [3.8, 4) is 0 Å². The van der Waals surface area contributed by atoms with Gasteiger partial charge in [-0.25, -0.2) is 0 Å². The normalized spacial score (nSPS) is 16.9. The van der Waals surface area contributed by atoms with Crippen molar-refractivity contribution in [3.63, 3.8) is 0 Å². The monoisotopic (exact) mass is 250 g/mol. The first-order valence-corrected chi connectivity index (χ1v) is 5.16. The molecule has 0 atom stereocenters. The molecule has 0 aromatic rings. The van der Waals surface area contributed by atoms with Gasteiger partial charge in [0.1, 0.15) is 12.3 Å². The molecule has 0 saturated heterocycles. The second-order valence-electron chi connectivity index (χ2n) is 3.78. The van der Waals surface area contributed by atoms with Gasteiger partial charge in [0.25, 0.3) is 0 Å². The van der Waals surface area contributed by atoms with Crippen LogP contribution >= 0.6 is 0 Å². The fourth-order valence-corrected chi connectivity index (χ4v) is 1.73. The number of carbonyl (C=O) groups is 1. The lowest BCUT2D eigenvalue weighted by atomic mass is 9.92. The van der Waals surface area contributed by atoms with Crippen LogP contribution in [0.3, 0.4) is 0 Å². The molecule has 0 saturated carbocycles. The highest BCUT2D eigenvalue weighted by Crippen LogP contribution is 2.30. The molecule has 96 valence electrons. The second-order valence-corrected chi connectivity index (χ2v) is 3.78. The van der Waals surface area contributed by atoms with Gasteiger partial charge < -0.3 is 10.4 Å². The smallest absolute Gasteiger partial charge is 0.432 e. The maximum atomic E-state index is 12.4. The average Bonchev–Trinajstić information content (AvgIpc) is 2.24. The minimum absolute atomic E-state index is 0.106. The average molecular weight is 250 g/mol. The number of aliphatic carboxylic acids is 1. The molecule has 0 bridgehead atoms. The van der Waals surface area contributed by atoms with Gasteiger partial charge in [-0.15, -0.1) is 0 Å². The number of allylic oxidation sites excluding steroid dienone is 2. The summed E-state index contributed by atoms with van der Waals surface area (Å²) < 4.78 is 37.2. The van der Waals surface area contributed by atoms with E-state index in [1.807, 2.05) is 0 Å². The van der Waals surface area contributed by atoms with Crippen molar-refractivity contribution in [2.75, 3.05) is 6.54 Å². The Bertz CT molecular complexity index is 361. The van der Waals surface area contributed by atoms with Gasteiger partial charge in [-0.05, 0) is 25.7 Å². The third-order valence-corrected chi connectivity index (χ3v) is 2.51. The third kappa shape index (κ3) is 3.76. The quantitative estimate of drug-likeness (QED) is 0.669. The summed E-state index contributed by atoms with van der Waals surface area (Å²) in [4.78, 5) is 10.4. The molecule has 1 aliphatic carbocycles. The van der Waals surface area contributed by atoms with E-state index in [2.05, 4.69) is 5.32 Å². The Balaban J connectivity index is 2.88. The van der Waals surface area contributed by atoms with E-state index in [-0.39, 0.29) is 17.7 Å². The molecule has 3 N–H and O–H groups in total. The number of hydrogen-bond donors (Lipinski definition) is 3. The fraction of sp³-hybridized carbons (Fsp3) is 0.600. The molecule has 0 heterocycles. The Kier molecular flexibility index (Phi) is 4.14. The second kappa shape index (κ2) is 5.20. The fourth-order valence-electron chi connectivity index (χ4n) is 1.73. The summed E-state index contributed by atoms with van der Waals surface area (Å²) in [6.45, 7) is -0.427. The van der Waals surface area contributed by atoms with Crippen LogP contribution in [0.1, 0.15) is 25.7 Å². The summed E-state index contributed by atoms with van der Waals surface area (Å²) in [6.07, 6.45) is -2.85. The Morgan fingerprint density at radius 2 is 1.94 bits per heavy atom. The van der Waals surface area contributed by atoms with Gasteiger partial charge in [0.05, 0.1) is 0 Å². The molecular formula is C10H13F3N2O2. The van der Waals surface area contributed by atoms with E-state index < -0.39 is 24.4 Å². The van der Waals surface area contributed by atoms with E-state index >= 15 is 0 Å². The van der Waals surface area contributed by atoms with Gasteiger partial charge in [-0.3, -0.25) is 10.2 Å². The molecule has 0 aromatic heterocycles. The molecule has 7 heteroatoms. The summed E-state index contributed by atoms with van der Waals surface area (Å²) in [5, 5.41) is 18.0. The molecule has 0 unspecified atom stereocenters. The number of nitrogens with one attached hydrogen (secondary N) is 2. The highest BCUT2D eigenvalue weighted by atomic mass is 19.4. The first-order valence-electron chi connectivity index (χ1n) is 5.16. The van der Waals surface area contributed by atoms with E-state index in [1.54, 1.807) is 0 Å². The van der Waals surface area contributed by atoms with Crippen LogP contribution < -0.4 is 5.32 Å². The molecule has 0 aliphatic heterocycles. The lowest BCUT2D eigenvalue weighted by Gasteiger charge is -2.22. The van der Waals surface area contributed by atoms with E-state index in [0.717, 1.165) is 0 Å². The zero-order valence-electron chi connectivity index (χ0n) is 9.02. The maximum Gasteiger partial charge on any atom is 0.432 e. The predicted molar refractivity (Wildman–Crippen MR) is 54.9 cm³/mol. The molecule has 0 radical (unpaired) electrons. The van der Waals surface area contributed by atoms with Crippen molar-refractivity contribution in [1.29, 1.82) is 5.41 Å². The van der Waals surface area contributed by atoms with Crippen molar-refractivity contribution >= 4 is 11.7 Å². The number of carboxylic acids is 1. The van der Waals surface area contributed by atoms with Crippen molar-refractivity contribution < 1.29 is 23.1 Å². The van der Waals surface area contributed by atoms with E-state index in [1.165, 1.54) is 0 Å². The number of rotatable bonds is 4. The first kappa shape index (κ1) is 13.5. The van der Waals surface area contributed by atoms with Crippen molar-refractivity contribution in [2.45, 2.75) is 31.9 Å². The van der Waals surface area contributed by atoms with Gasteiger partial charge in [0.2, 0.25) is 0 Å². The highest BCUT2D eigenvalue weighted by molar-refractivity contribution is 6.02. The van der Waals surface area contributed by atoms with Crippen LogP contribution in [0, 0.1) is 5.41 Å². The summed E-state index contributed by atoms with van der Waals surface area (Å²) in [7, 11) is 0. The zero-order valence-corrected chi connectivity index (χ0v) is 9.02. The van der Waals surface area contributed by atoms with Crippen molar-refractivity contribution in [2.24, 2.45) is 0 Å². The van der Waals surface area contributed by atoms with Gasteiger partial charge in [-0.1, -0.05) is 0 Å². The van der Waals surface area contributed by atoms with Crippen LogP contribution in [0.5, 0.6) is 0 Å². The van der Waals surface area contributed by atoms with Gasteiger partial charge in [0, 0.05) is 11.3 Å². The van der Waals surface area contributed by atoms with Crippen LogP contribution in [-0.2, 0) is 4.79 Å². The number of carboxylic acid groups (broad SMARTS) is 1. The highest BCUT2D eigenvalue weighted by Gasteiger charge is 2.38. The molecule has 4 nitrogen and oxygen atoms in total. The molecule has 0 spiro atoms. The largest absolute Gasteiger partial charge is 0.480 e. The molecule has 17 heavy (non-hydrogen) atoms. The Labute approximate surface area is 96.0 Å². The Morgan fingerprint density at radius 1 is 1.35 bits per heavy atom. The minimum Gasteiger partial charge on any atom is -0.480 e. The molecule has 0 fully saturated rings. The molecular weight excluding hydrogens is 237 g/mol. The zero-order chi connectivity index (χ0) is 13.1. The summed E-state index contributed by atoms with van der Waals surface area (Å²) in [6, 6.07) is 0. The van der Waals surface area contributed by atoms with Crippen LogP contribution in [0.4, 0.5) is 13.2 Å². The van der Waals surface area contributed by atoms with Crippen LogP contribution in [0.2, 0.25) is 0 Å². The van der Waals surface area contributed by atoms with Crippen molar-refractivity contribution in [3.05, 3.63) is 11.3 Å². The molecule has 0 aromatic carbocycles. The van der Waals surface area contributed by atoms with Crippen LogP contribution in [-0.4, -0.2) is 29.5 Å². The summed E-state index contributed by atoms with van der Waals surface area (Å²) >= 11 is 0. The molecule has 1 rings (SSSR count). The van der Waals surface area contributed by atoms with Gasteiger partial charge >= 0.3 is 12.1 Å². The first-order chi connectivity index (χ1) is 7.82. The Hall–Kier alpha value is -1.53. The topological polar surface area (TPSA) is 73.2 Å². The van der Waals surface area contributed by atoms with Gasteiger partial charge in [-0.2, -0.15) is 13.2 Å². The van der Waals surface area contributed by atoms with E-state index in [9.17, 15) is 18.0 Å². The molecule has 1 aliphatic rings. The Morgan fingerprint density at radius 3 is 2.47 bits per heavy atom. The van der Waals surface area contributed by atoms with Crippen molar-refractivity contribution in [1.82, 2.24) is 5.32 Å². The number of hydrogen-bond acceptors (Lipinski definition) is 3. The maximum absolute atomic E-state index is 12.4. The SMILES string of the molecule is N=C(C1=C(NCC(=O)O)CCCC1)C(F)(F)F. The molecule has 0 amide bonds. The van der Waals surface area contributed by atoms with Crippen LogP contribution in [0.25, 0.3) is 0 Å². The number of halogens is 3. The lowest BCUT2D eigenvalue weighted by molar-refractivity contribution is -0.135. The van der Waals surface area contributed by atoms with Crippen LogP contribution in [0.15, 0.2) is 11.3 Å².